The molecule has 0 saturated carbocycles. The van der Waals surface area contributed by atoms with Gasteiger partial charge in [0.25, 0.3) is 0 Å². The van der Waals surface area contributed by atoms with Crippen molar-refractivity contribution in [3.8, 4) is 0 Å². The molecule has 0 bridgehead atoms. The van der Waals surface area contributed by atoms with Crippen molar-refractivity contribution in [2.75, 3.05) is 20.6 Å². The highest BCUT2D eigenvalue weighted by molar-refractivity contribution is 5.81. The number of amides is 1. The van der Waals surface area contributed by atoms with Gasteiger partial charge in [-0.25, -0.2) is 0 Å². The number of rotatable bonds is 7. The van der Waals surface area contributed by atoms with Crippen LogP contribution in [0.4, 0.5) is 0 Å². The molecule has 2 atom stereocenters. The molecule has 4 nitrogen and oxygen atoms in total. The molecule has 0 aromatic rings. The Hall–Kier alpha value is -0.610. The molecule has 0 saturated heterocycles. The summed E-state index contributed by atoms with van der Waals surface area (Å²) >= 11 is 0. The molecule has 0 radical (unpaired) electrons. The molecule has 1 amide bonds. The van der Waals surface area contributed by atoms with Crippen LogP contribution in [0, 0.1) is 5.92 Å². The minimum atomic E-state index is -0.0805. The maximum absolute atomic E-state index is 11.8. The molecule has 0 fully saturated rings. The first kappa shape index (κ1) is 14.4. The molecular formula is C11H25N3O. The highest BCUT2D eigenvalue weighted by Crippen LogP contribution is 2.01. The zero-order valence-electron chi connectivity index (χ0n) is 10.6. The molecular weight excluding hydrogens is 190 g/mol. The van der Waals surface area contributed by atoms with Crippen molar-refractivity contribution >= 4 is 5.91 Å². The molecule has 0 aliphatic heterocycles. The third-order valence-electron chi connectivity index (χ3n) is 2.63. The van der Waals surface area contributed by atoms with Crippen molar-refractivity contribution in [3.05, 3.63) is 0 Å². The summed E-state index contributed by atoms with van der Waals surface area (Å²) in [5.41, 5.74) is 0. The van der Waals surface area contributed by atoms with Gasteiger partial charge in [-0.3, -0.25) is 4.79 Å². The van der Waals surface area contributed by atoms with Gasteiger partial charge < -0.3 is 16.0 Å². The standard InChI is InChI=1S/C11H25N3O/c1-6-9(13-5)11(15)14-10(7-12-4)8(2)3/h8-10,12-13H,6-7H2,1-5H3,(H,14,15)/t9-,10+/m0/s1. The van der Waals surface area contributed by atoms with Crippen LogP contribution in [0.1, 0.15) is 27.2 Å². The largest absolute Gasteiger partial charge is 0.350 e. The molecule has 15 heavy (non-hydrogen) atoms. The van der Waals surface area contributed by atoms with Gasteiger partial charge in [-0.1, -0.05) is 20.8 Å². The Kier molecular flexibility index (Phi) is 7.34. The van der Waals surface area contributed by atoms with Gasteiger partial charge in [-0.05, 0) is 26.4 Å². The van der Waals surface area contributed by atoms with Gasteiger partial charge >= 0.3 is 0 Å². The molecule has 0 spiro atoms. The first-order valence-corrected chi connectivity index (χ1v) is 5.69. The summed E-state index contributed by atoms with van der Waals surface area (Å²) in [6.45, 7) is 7.04. The first-order valence-electron chi connectivity index (χ1n) is 5.69. The summed E-state index contributed by atoms with van der Waals surface area (Å²) < 4.78 is 0. The summed E-state index contributed by atoms with van der Waals surface area (Å²) in [6.07, 6.45) is 0.812. The molecule has 0 aliphatic carbocycles. The van der Waals surface area contributed by atoms with E-state index in [9.17, 15) is 4.79 Å². The number of hydrogen-bond acceptors (Lipinski definition) is 3. The third-order valence-corrected chi connectivity index (χ3v) is 2.63. The zero-order valence-corrected chi connectivity index (χ0v) is 10.6. The van der Waals surface area contributed by atoms with Crippen LogP contribution in [0.3, 0.4) is 0 Å². The lowest BCUT2D eigenvalue weighted by atomic mass is 10.0. The van der Waals surface area contributed by atoms with Gasteiger partial charge in [-0.2, -0.15) is 0 Å². The summed E-state index contributed by atoms with van der Waals surface area (Å²) in [4.78, 5) is 11.8. The van der Waals surface area contributed by atoms with Crippen LogP contribution in [0.5, 0.6) is 0 Å². The summed E-state index contributed by atoms with van der Waals surface area (Å²) in [6, 6.07) is 0.119. The summed E-state index contributed by atoms with van der Waals surface area (Å²) in [5, 5.41) is 9.16. The van der Waals surface area contributed by atoms with Crippen molar-refractivity contribution < 1.29 is 4.79 Å². The maximum atomic E-state index is 11.8. The van der Waals surface area contributed by atoms with Crippen molar-refractivity contribution in [1.29, 1.82) is 0 Å². The second kappa shape index (κ2) is 7.65. The molecule has 3 N–H and O–H groups in total. The van der Waals surface area contributed by atoms with Crippen LogP contribution < -0.4 is 16.0 Å². The van der Waals surface area contributed by atoms with Gasteiger partial charge in [-0.15, -0.1) is 0 Å². The lowest BCUT2D eigenvalue weighted by Crippen LogP contribution is -2.51. The van der Waals surface area contributed by atoms with Crippen molar-refractivity contribution in [3.63, 3.8) is 0 Å². The molecule has 0 unspecified atom stereocenters. The van der Waals surface area contributed by atoms with E-state index in [1.165, 1.54) is 0 Å². The summed E-state index contributed by atoms with van der Waals surface area (Å²) in [7, 11) is 3.72. The second-order valence-corrected chi connectivity index (χ2v) is 4.17. The van der Waals surface area contributed by atoms with Crippen LogP contribution >= 0.6 is 0 Å². The van der Waals surface area contributed by atoms with Gasteiger partial charge in [0.15, 0.2) is 0 Å². The van der Waals surface area contributed by atoms with E-state index >= 15 is 0 Å². The summed E-state index contributed by atoms with van der Waals surface area (Å²) in [5.74, 6) is 0.532. The average Bonchev–Trinajstić information content (AvgIpc) is 2.18. The third kappa shape index (κ3) is 5.14. The monoisotopic (exact) mass is 215 g/mol. The van der Waals surface area contributed by atoms with E-state index in [0.717, 1.165) is 13.0 Å². The Morgan fingerprint density at radius 2 is 1.87 bits per heavy atom. The maximum Gasteiger partial charge on any atom is 0.237 e. The minimum Gasteiger partial charge on any atom is -0.350 e. The fraction of sp³-hybridized carbons (Fsp3) is 0.909. The Morgan fingerprint density at radius 1 is 1.27 bits per heavy atom. The van der Waals surface area contributed by atoms with E-state index in [1.807, 2.05) is 21.0 Å². The minimum absolute atomic E-state index is 0.0805. The molecule has 4 heteroatoms. The molecule has 0 rings (SSSR count). The van der Waals surface area contributed by atoms with E-state index in [4.69, 9.17) is 0 Å². The number of carbonyl (C=O) groups excluding carboxylic acids is 1. The van der Waals surface area contributed by atoms with Gasteiger partial charge in [0.1, 0.15) is 0 Å². The average molecular weight is 215 g/mol. The molecule has 90 valence electrons. The van der Waals surface area contributed by atoms with Crippen LogP contribution in [0.15, 0.2) is 0 Å². The molecule has 0 aromatic heterocycles. The van der Waals surface area contributed by atoms with E-state index in [2.05, 4.69) is 29.8 Å². The Bertz CT molecular complexity index is 179. The number of nitrogens with one attached hydrogen (secondary N) is 3. The lowest BCUT2D eigenvalue weighted by Gasteiger charge is -2.24. The van der Waals surface area contributed by atoms with Crippen LogP contribution in [0.2, 0.25) is 0 Å². The SMILES string of the molecule is CC[C@H](NC)C(=O)N[C@H](CNC)C(C)C. The van der Waals surface area contributed by atoms with E-state index < -0.39 is 0 Å². The topological polar surface area (TPSA) is 53.2 Å². The quantitative estimate of drug-likeness (QED) is 0.574. The van der Waals surface area contributed by atoms with E-state index in [0.29, 0.717) is 5.92 Å². The molecule has 0 heterocycles. The predicted molar refractivity (Wildman–Crippen MR) is 63.8 cm³/mol. The highest BCUT2D eigenvalue weighted by Gasteiger charge is 2.19. The Morgan fingerprint density at radius 3 is 2.20 bits per heavy atom. The van der Waals surface area contributed by atoms with Gasteiger partial charge in [0.05, 0.1) is 6.04 Å². The zero-order chi connectivity index (χ0) is 11.8. The molecule has 0 aliphatic rings. The molecule has 0 aromatic carbocycles. The number of hydrogen-bond donors (Lipinski definition) is 3. The van der Waals surface area contributed by atoms with Crippen LogP contribution in [0.25, 0.3) is 0 Å². The first-order chi connectivity index (χ1) is 7.06. The van der Waals surface area contributed by atoms with Crippen LogP contribution in [-0.4, -0.2) is 38.6 Å². The fourth-order valence-corrected chi connectivity index (χ4v) is 1.48. The number of carbonyl (C=O) groups is 1. The predicted octanol–water partition coefficient (Wildman–Crippen LogP) is 0.345. The Labute approximate surface area is 93.2 Å². The van der Waals surface area contributed by atoms with E-state index in [-0.39, 0.29) is 18.0 Å². The fourth-order valence-electron chi connectivity index (χ4n) is 1.48. The Balaban J connectivity index is 4.20. The van der Waals surface area contributed by atoms with Crippen LogP contribution in [-0.2, 0) is 4.79 Å². The second-order valence-electron chi connectivity index (χ2n) is 4.17. The van der Waals surface area contributed by atoms with Gasteiger partial charge in [0.2, 0.25) is 5.91 Å². The number of likely N-dealkylation sites (N-methyl/N-ethyl adjacent to an activating group) is 2. The van der Waals surface area contributed by atoms with Crippen molar-refractivity contribution in [2.45, 2.75) is 39.3 Å². The smallest absolute Gasteiger partial charge is 0.237 e. The lowest BCUT2D eigenvalue weighted by molar-refractivity contribution is -0.124. The van der Waals surface area contributed by atoms with Crippen molar-refractivity contribution in [2.24, 2.45) is 5.92 Å². The normalized spacial score (nSPS) is 15.1. The highest BCUT2D eigenvalue weighted by atomic mass is 16.2. The van der Waals surface area contributed by atoms with Crippen molar-refractivity contribution in [1.82, 2.24) is 16.0 Å². The van der Waals surface area contributed by atoms with Gasteiger partial charge in [0, 0.05) is 12.6 Å². The van der Waals surface area contributed by atoms with E-state index in [1.54, 1.807) is 0 Å².